The van der Waals surface area contributed by atoms with Crippen LogP contribution in [0.5, 0.6) is 0 Å². The number of hydrogen-bond donors (Lipinski definition) is 2. The van der Waals surface area contributed by atoms with E-state index in [0.717, 1.165) is 41.6 Å². The lowest BCUT2D eigenvalue weighted by molar-refractivity contribution is -0.0366. The zero-order valence-corrected chi connectivity index (χ0v) is 25.3. The molecular formula is C31H37Cl2FN6O2. The lowest BCUT2D eigenvalue weighted by atomic mass is 9.91. The van der Waals surface area contributed by atoms with E-state index in [4.69, 9.17) is 5.73 Å². The highest BCUT2D eigenvalue weighted by Gasteiger charge is 2.33. The van der Waals surface area contributed by atoms with Crippen LogP contribution in [0.1, 0.15) is 48.8 Å². The van der Waals surface area contributed by atoms with Gasteiger partial charge in [-0.25, -0.2) is 9.37 Å². The van der Waals surface area contributed by atoms with Crippen molar-refractivity contribution in [3.63, 3.8) is 0 Å². The Kier molecular flexibility index (Phi) is 9.90. The molecule has 1 saturated heterocycles. The quantitative estimate of drug-likeness (QED) is 0.309. The molecule has 2 aromatic carbocycles. The van der Waals surface area contributed by atoms with E-state index >= 15 is 0 Å². The Morgan fingerprint density at radius 3 is 2.40 bits per heavy atom. The first-order valence-corrected chi connectivity index (χ1v) is 14.0. The number of hydrogen-bond acceptors (Lipinski definition) is 6. The molecule has 0 unspecified atom stereocenters. The van der Waals surface area contributed by atoms with Gasteiger partial charge in [0.2, 0.25) is 0 Å². The van der Waals surface area contributed by atoms with Crippen molar-refractivity contribution in [1.82, 2.24) is 24.2 Å². The lowest BCUT2D eigenvalue weighted by Gasteiger charge is -2.38. The summed E-state index contributed by atoms with van der Waals surface area (Å²) >= 11 is 0. The van der Waals surface area contributed by atoms with Gasteiger partial charge in [-0.3, -0.25) is 18.9 Å². The number of aromatic nitrogens is 4. The summed E-state index contributed by atoms with van der Waals surface area (Å²) in [7, 11) is 1.79. The summed E-state index contributed by atoms with van der Waals surface area (Å²) in [5, 5.41) is 15.8. The monoisotopic (exact) mass is 614 g/mol. The largest absolute Gasteiger partial charge is 0.388 e. The smallest absolute Gasteiger partial charge is 0.281 e. The molecule has 0 bridgehead atoms. The van der Waals surface area contributed by atoms with Gasteiger partial charge in [0, 0.05) is 44.4 Å². The molecule has 8 nitrogen and oxygen atoms in total. The zero-order chi connectivity index (χ0) is 27.9. The van der Waals surface area contributed by atoms with Crippen molar-refractivity contribution in [1.29, 1.82) is 0 Å². The molecule has 11 heteroatoms. The van der Waals surface area contributed by atoms with Crippen LogP contribution in [-0.2, 0) is 26.7 Å². The van der Waals surface area contributed by atoms with Gasteiger partial charge in [-0.05, 0) is 54.9 Å². The van der Waals surface area contributed by atoms with Crippen LogP contribution in [0.4, 0.5) is 4.39 Å². The first-order chi connectivity index (χ1) is 19.3. The van der Waals surface area contributed by atoms with Crippen LogP contribution in [0.25, 0.3) is 27.9 Å². The highest BCUT2D eigenvalue weighted by Crippen LogP contribution is 2.30. The van der Waals surface area contributed by atoms with Crippen LogP contribution in [-0.4, -0.2) is 48.0 Å². The summed E-state index contributed by atoms with van der Waals surface area (Å²) in [5.41, 5.74) is 10.8. The Labute approximate surface area is 256 Å². The maximum atomic E-state index is 14.9. The first-order valence-electron chi connectivity index (χ1n) is 14.0. The van der Waals surface area contributed by atoms with Crippen LogP contribution < -0.4 is 11.3 Å². The van der Waals surface area contributed by atoms with Crippen molar-refractivity contribution in [3.05, 3.63) is 87.7 Å². The first kappa shape index (κ1) is 31.8. The molecule has 3 N–H and O–H groups in total. The predicted octanol–water partition coefficient (Wildman–Crippen LogP) is 4.83. The minimum atomic E-state index is -1.05. The van der Waals surface area contributed by atoms with Crippen molar-refractivity contribution in [2.45, 2.75) is 57.3 Å². The van der Waals surface area contributed by atoms with Crippen LogP contribution >= 0.6 is 24.8 Å². The van der Waals surface area contributed by atoms with Gasteiger partial charge in [0.1, 0.15) is 11.3 Å². The number of benzene rings is 2. The van der Waals surface area contributed by atoms with Crippen molar-refractivity contribution in [2.24, 2.45) is 12.8 Å². The van der Waals surface area contributed by atoms with Crippen LogP contribution in [0, 0.1) is 5.82 Å². The van der Waals surface area contributed by atoms with Gasteiger partial charge in [-0.15, -0.1) is 24.8 Å². The number of aryl methyl sites for hydroxylation is 1. The minimum Gasteiger partial charge on any atom is -0.388 e. The molecule has 1 aliphatic heterocycles. The van der Waals surface area contributed by atoms with Gasteiger partial charge in [0.25, 0.3) is 5.56 Å². The second kappa shape index (κ2) is 13.1. The maximum Gasteiger partial charge on any atom is 0.281 e. The van der Waals surface area contributed by atoms with Gasteiger partial charge in [0.05, 0.1) is 24.2 Å². The number of piperidine rings is 1. The highest BCUT2D eigenvalue weighted by atomic mass is 35.5. The normalized spacial score (nSPS) is 16.6. The van der Waals surface area contributed by atoms with Crippen LogP contribution in [0.15, 0.2) is 59.7 Å². The molecule has 1 fully saturated rings. The van der Waals surface area contributed by atoms with E-state index in [1.54, 1.807) is 17.8 Å². The molecule has 0 radical (unpaired) electrons. The third kappa shape index (κ3) is 6.31. The summed E-state index contributed by atoms with van der Waals surface area (Å²) in [6.07, 6.45) is 7.88. The second-order valence-electron chi connectivity index (χ2n) is 11.2. The third-order valence-electron chi connectivity index (χ3n) is 8.39. The number of nitrogens with zero attached hydrogens (tertiary/aromatic N) is 5. The Hall–Kier alpha value is -3.08. The summed E-state index contributed by atoms with van der Waals surface area (Å²) in [4.78, 5) is 20.1. The molecule has 224 valence electrons. The molecule has 4 aromatic rings. The summed E-state index contributed by atoms with van der Waals surface area (Å²) in [6, 6.07) is 13.4. The van der Waals surface area contributed by atoms with Crippen molar-refractivity contribution >= 4 is 41.4 Å². The Balaban J connectivity index is 0.00000202. The standard InChI is InChI=1S/C31H35FN6O2.2ClH/c1-36-29(23-8-6-21(17-33)7-9-23)27-28(35-36)30(39)38(20-34-27)19-31(40)12-14-37(15-13-31)18-25-11-10-24(16-26(25)32)22-4-2-3-5-22;;/h4,6-11,16,20,40H,2-3,5,12-15,17-19,33H2,1H3;2*1H. The van der Waals surface area contributed by atoms with Gasteiger partial charge in [-0.1, -0.05) is 42.5 Å². The Morgan fingerprint density at radius 2 is 1.76 bits per heavy atom. The predicted molar refractivity (Wildman–Crippen MR) is 168 cm³/mol. The number of rotatable bonds is 7. The summed E-state index contributed by atoms with van der Waals surface area (Å²) in [5.74, 6) is -0.179. The Morgan fingerprint density at radius 1 is 1.05 bits per heavy atom. The number of aliphatic hydroxyl groups is 1. The number of allylic oxidation sites excluding steroid dienone is 2. The molecule has 1 aliphatic carbocycles. The topological polar surface area (TPSA) is 102 Å². The summed E-state index contributed by atoms with van der Waals surface area (Å²) < 4.78 is 18.0. The number of fused-ring (bicyclic) bond motifs is 1. The SMILES string of the molecule is Cl.Cl.Cn1nc2c(=O)n(CC3(O)CCN(Cc4ccc(C5=CCCC5)cc4F)CC3)cnc2c1-c1ccc(CN)cc1. The fourth-order valence-corrected chi connectivity index (χ4v) is 5.98. The van der Waals surface area contributed by atoms with E-state index in [2.05, 4.69) is 21.1 Å². The molecule has 0 amide bonds. The van der Waals surface area contributed by atoms with E-state index in [0.29, 0.717) is 50.1 Å². The zero-order valence-electron chi connectivity index (χ0n) is 23.6. The molecule has 0 atom stereocenters. The molecule has 0 spiro atoms. The highest BCUT2D eigenvalue weighted by molar-refractivity contribution is 5.89. The second-order valence-corrected chi connectivity index (χ2v) is 11.2. The van der Waals surface area contributed by atoms with E-state index in [9.17, 15) is 14.3 Å². The van der Waals surface area contributed by atoms with Crippen molar-refractivity contribution < 1.29 is 9.50 Å². The summed E-state index contributed by atoms with van der Waals surface area (Å²) in [6.45, 7) is 2.31. The molecule has 0 saturated carbocycles. The van der Waals surface area contributed by atoms with Crippen molar-refractivity contribution in [3.8, 4) is 11.3 Å². The molecular weight excluding hydrogens is 578 g/mol. The number of halogens is 3. The number of nitrogens with two attached hydrogens (primary N) is 1. The molecule has 2 aliphatic rings. The fourth-order valence-electron chi connectivity index (χ4n) is 5.98. The maximum absolute atomic E-state index is 14.9. The average Bonchev–Trinajstić information content (AvgIpc) is 3.61. The Bertz CT molecular complexity index is 1640. The van der Waals surface area contributed by atoms with Crippen LogP contribution in [0.2, 0.25) is 0 Å². The van der Waals surface area contributed by atoms with E-state index in [-0.39, 0.29) is 48.3 Å². The minimum absolute atomic E-state index is 0. The van der Waals surface area contributed by atoms with Gasteiger partial charge in [-0.2, -0.15) is 5.10 Å². The van der Waals surface area contributed by atoms with E-state index in [1.165, 1.54) is 16.5 Å². The van der Waals surface area contributed by atoms with E-state index < -0.39 is 5.60 Å². The molecule has 42 heavy (non-hydrogen) atoms. The van der Waals surface area contributed by atoms with Gasteiger partial charge < -0.3 is 10.8 Å². The lowest BCUT2D eigenvalue weighted by Crippen LogP contribution is -2.47. The molecule has 6 rings (SSSR count). The molecule has 3 heterocycles. The van der Waals surface area contributed by atoms with Gasteiger partial charge in [0.15, 0.2) is 5.52 Å². The number of likely N-dealkylation sites (tertiary alicyclic amines) is 1. The van der Waals surface area contributed by atoms with E-state index in [1.807, 2.05) is 36.4 Å². The fraction of sp³-hybridized carbons (Fsp3) is 0.387. The van der Waals surface area contributed by atoms with Gasteiger partial charge >= 0.3 is 0 Å². The van der Waals surface area contributed by atoms with Crippen LogP contribution in [0.3, 0.4) is 0 Å². The third-order valence-corrected chi connectivity index (χ3v) is 8.39. The van der Waals surface area contributed by atoms with Crippen molar-refractivity contribution in [2.75, 3.05) is 13.1 Å². The molecule has 2 aromatic heterocycles. The average molecular weight is 616 g/mol.